The molecule has 4 heterocycles. The molecule has 0 aliphatic carbocycles. The Hall–Kier alpha value is -3.07. The molecule has 1 aliphatic heterocycles. The van der Waals surface area contributed by atoms with Crippen LogP contribution in [0.5, 0.6) is 5.75 Å². The molecule has 0 atom stereocenters. The van der Waals surface area contributed by atoms with Crippen molar-refractivity contribution in [1.29, 1.82) is 0 Å². The van der Waals surface area contributed by atoms with E-state index in [-0.39, 0.29) is 0 Å². The van der Waals surface area contributed by atoms with Gasteiger partial charge in [-0.15, -0.1) is 0 Å². The first-order valence-corrected chi connectivity index (χ1v) is 10.9. The third-order valence-corrected chi connectivity index (χ3v) is 5.89. The molecule has 1 aromatic carbocycles. The van der Waals surface area contributed by atoms with Crippen LogP contribution in [0.4, 0.5) is 17.3 Å². The van der Waals surface area contributed by atoms with Crippen molar-refractivity contribution in [2.75, 3.05) is 43.5 Å². The number of imidazole rings is 1. The molecule has 5 rings (SSSR count). The molecule has 0 saturated carbocycles. The van der Waals surface area contributed by atoms with Crippen molar-refractivity contribution in [3.05, 3.63) is 59.0 Å². The average Bonchev–Trinajstić information content (AvgIpc) is 3.24. The number of anilines is 3. The van der Waals surface area contributed by atoms with Crippen molar-refractivity contribution < 1.29 is 4.74 Å². The van der Waals surface area contributed by atoms with Gasteiger partial charge in [-0.25, -0.2) is 15.0 Å². The Labute approximate surface area is 195 Å². The van der Waals surface area contributed by atoms with E-state index in [1.54, 1.807) is 31.6 Å². The summed E-state index contributed by atoms with van der Waals surface area (Å²) in [7, 11) is 1.65. The van der Waals surface area contributed by atoms with Gasteiger partial charge in [-0.3, -0.25) is 4.40 Å². The molecule has 1 fully saturated rings. The summed E-state index contributed by atoms with van der Waals surface area (Å²) >= 11 is 12.5. The molecule has 164 valence electrons. The summed E-state index contributed by atoms with van der Waals surface area (Å²) < 4.78 is 7.51. The zero-order valence-electron chi connectivity index (χ0n) is 17.3. The van der Waals surface area contributed by atoms with Crippen LogP contribution in [0.15, 0.2) is 48.9 Å². The standard InChI is InChI=1S/C22H21Cl2N7O/c1-32-19-11-15(30-8-5-25-6-9-30)2-3-17(19)28-22-27-12-16(24)21(29-22)18-13-26-20-10-14(23)4-7-31(18)20/h2-4,7,10-13,25H,5-6,8-9H2,1H3,(H,27,28,29). The van der Waals surface area contributed by atoms with Crippen molar-refractivity contribution in [3.8, 4) is 17.1 Å². The van der Waals surface area contributed by atoms with Gasteiger partial charge in [0.25, 0.3) is 0 Å². The third kappa shape index (κ3) is 4.04. The lowest BCUT2D eigenvalue weighted by Crippen LogP contribution is -2.43. The quantitative estimate of drug-likeness (QED) is 0.451. The summed E-state index contributed by atoms with van der Waals surface area (Å²) in [6.07, 6.45) is 5.12. The summed E-state index contributed by atoms with van der Waals surface area (Å²) in [5.74, 6) is 1.12. The second-order valence-electron chi connectivity index (χ2n) is 7.35. The van der Waals surface area contributed by atoms with E-state index in [0.717, 1.165) is 43.2 Å². The van der Waals surface area contributed by atoms with Gasteiger partial charge in [-0.1, -0.05) is 23.2 Å². The summed E-state index contributed by atoms with van der Waals surface area (Å²) in [4.78, 5) is 15.7. The molecule has 0 bridgehead atoms. The summed E-state index contributed by atoms with van der Waals surface area (Å²) in [5.41, 5.74) is 3.91. The fraction of sp³-hybridized carbons (Fsp3) is 0.227. The first-order valence-electron chi connectivity index (χ1n) is 10.2. The van der Waals surface area contributed by atoms with E-state index in [1.807, 2.05) is 22.7 Å². The molecule has 0 radical (unpaired) electrons. The Balaban J connectivity index is 1.46. The number of ether oxygens (including phenoxy) is 1. The molecule has 10 heteroatoms. The number of hydrogen-bond donors (Lipinski definition) is 2. The molecule has 0 unspecified atom stereocenters. The molecule has 1 saturated heterocycles. The number of rotatable bonds is 5. The number of pyridine rings is 1. The minimum atomic E-state index is 0.404. The van der Waals surface area contributed by atoms with Gasteiger partial charge in [0.05, 0.1) is 35.9 Å². The predicted molar refractivity (Wildman–Crippen MR) is 128 cm³/mol. The number of benzene rings is 1. The molecule has 0 amide bonds. The Kier molecular flexibility index (Phi) is 5.73. The molecule has 1 aliphatic rings. The number of methoxy groups -OCH3 is 1. The highest BCUT2D eigenvalue weighted by atomic mass is 35.5. The van der Waals surface area contributed by atoms with Crippen molar-refractivity contribution in [3.63, 3.8) is 0 Å². The van der Waals surface area contributed by atoms with E-state index in [4.69, 9.17) is 27.9 Å². The normalized spacial score (nSPS) is 14.0. The monoisotopic (exact) mass is 469 g/mol. The van der Waals surface area contributed by atoms with Crippen molar-refractivity contribution >= 4 is 46.2 Å². The van der Waals surface area contributed by atoms with Crippen molar-refractivity contribution in [2.45, 2.75) is 0 Å². The number of piperazine rings is 1. The first kappa shape index (κ1) is 20.8. The van der Waals surface area contributed by atoms with Crippen molar-refractivity contribution in [2.24, 2.45) is 0 Å². The maximum Gasteiger partial charge on any atom is 0.227 e. The fourth-order valence-corrected chi connectivity index (χ4v) is 4.10. The predicted octanol–water partition coefficient (Wildman–Crippen LogP) is 4.26. The highest BCUT2D eigenvalue weighted by molar-refractivity contribution is 6.33. The van der Waals surface area contributed by atoms with Crippen LogP contribution in [0.25, 0.3) is 17.0 Å². The Morgan fingerprint density at radius 1 is 1.06 bits per heavy atom. The molecule has 4 aromatic rings. The van der Waals surface area contributed by atoms with E-state index >= 15 is 0 Å². The molecule has 2 N–H and O–H groups in total. The lowest BCUT2D eigenvalue weighted by atomic mass is 10.2. The Morgan fingerprint density at radius 2 is 1.91 bits per heavy atom. The summed E-state index contributed by atoms with van der Waals surface area (Å²) in [5, 5.41) is 7.66. The van der Waals surface area contributed by atoms with Gasteiger partial charge >= 0.3 is 0 Å². The molecular formula is C22H21Cl2N7O. The van der Waals surface area contributed by atoms with Crippen LogP contribution in [-0.4, -0.2) is 52.6 Å². The van der Waals surface area contributed by atoms with Crippen LogP contribution in [0.1, 0.15) is 0 Å². The van der Waals surface area contributed by atoms with Crippen LogP contribution < -0.4 is 20.3 Å². The lowest BCUT2D eigenvalue weighted by molar-refractivity contribution is 0.416. The second kappa shape index (κ2) is 8.82. The van der Waals surface area contributed by atoms with E-state index in [9.17, 15) is 0 Å². The van der Waals surface area contributed by atoms with E-state index < -0.39 is 0 Å². The minimum Gasteiger partial charge on any atom is -0.494 e. The van der Waals surface area contributed by atoms with Crippen LogP contribution in [0.3, 0.4) is 0 Å². The second-order valence-corrected chi connectivity index (χ2v) is 8.20. The smallest absolute Gasteiger partial charge is 0.227 e. The summed E-state index contributed by atoms with van der Waals surface area (Å²) in [6, 6.07) is 9.65. The van der Waals surface area contributed by atoms with Gasteiger partial charge in [0.15, 0.2) is 0 Å². The maximum absolute atomic E-state index is 6.43. The van der Waals surface area contributed by atoms with Gasteiger partial charge in [0.2, 0.25) is 5.95 Å². The molecule has 8 nitrogen and oxygen atoms in total. The highest BCUT2D eigenvalue weighted by Gasteiger charge is 2.16. The van der Waals surface area contributed by atoms with Gasteiger partial charge < -0.3 is 20.3 Å². The third-order valence-electron chi connectivity index (χ3n) is 5.38. The van der Waals surface area contributed by atoms with E-state index in [1.165, 1.54) is 0 Å². The summed E-state index contributed by atoms with van der Waals surface area (Å²) in [6.45, 7) is 3.87. The number of aromatic nitrogens is 4. The largest absolute Gasteiger partial charge is 0.494 e. The van der Waals surface area contributed by atoms with Crippen molar-refractivity contribution in [1.82, 2.24) is 24.7 Å². The van der Waals surface area contributed by atoms with Gasteiger partial charge in [-0.2, -0.15) is 0 Å². The van der Waals surface area contributed by atoms with Gasteiger partial charge in [0.1, 0.15) is 17.1 Å². The number of halogens is 2. The zero-order valence-corrected chi connectivity index (χ0v) is 18.9. The molecular weight excluding hydrogens is 449 g/mol. The van der Waals surface area contributed by atoms with Crippen LogP contribution in [-0.2, 0) is 0 Å². The highest BCUT2D eigenvalue weighted by Crippen LogP contribution is 2.33. The number of fused-ring (bicyclic) bond motifs is 1. The topological polar surface area (TPSA) is 79.6 Å². The lowest BCUT2D eigenvalue weighted by Gasteiger charge is -2.30. The Morgan fingerprint density at radius 3 is 2.72 bits per heavy atom. The molecule has 32 heavy (non-hydrogen) atoms. The SMILES string of the molecule is COc1cc(N2CCNCC2)ccc1Nc1ncc(Cl)c(-c2cnc3cc(Cl)ccn23)n1. The average molecular weight is 470 g/mol. The van der Waals surface area contributed by atoms with Gasteiger partial charge in [0, 0.05) is 55.2 Å². The maximum atomic E-state index is 6.43. The molecule has 3 aromatic heterocycles. The fourth-order valence-electron chi connectivity index (χ4n) is 3.76. The van der Waals surface area contributed by atoms with Crippen LogP contribution in [0.2, 0.25) is 10.0 Å². The van der Waals surface area contributed by atoms with E-state index in [2.05, 4.69) is 36.6 Å². The van der Waals surface area contributed by atoms with Gasteiger partial charge in [-0.05, 0) is 18.2 Å². The van der Waals surface area contributed by atoms with E-state index in [0.29, 0.717) is 33.1 Å². The molecule has 0 spiro atoms. The first-order chi connectivity index (χ1) is 15.6. The minimum absolute atomic E-state index is 0.404. The van der Waals surface area contributed by atoms with Crippen LogP contribution in [0, 0.1) is 0 Å². The number of nitrogens with one attached hydrogen (secondary N) is 2. The zero-order chi connectivity index (χ0) is 22.1. The number of nitrogens with zero attached hydrogens (tertiary/aromatic N) is 5. The number of hydrogen-bond acceptors (Lipinski definition) is 7. The van der Waals surface area contributed by atoms with Crippen LogP contribution >= 0.6 is 23.2 Å². The Bertz CT molecular complexity index is 1270.